The number of pyridine rings is 1. The molecule has 0 spiro atoms. The topological polar surface area (TPSA) is 79.4 Å². The summed E-state index contributed by atoms with van der Waals surface area (Å²) in [7, 11) is -4.20. The number of rotatable bonds is 5. The van der Waals surface area contributed by atoms with E-state index in [0.717, 1.165) is 22.5 Å². The summed E-state index contributed by atoms with van der Waals surface area (Å²) in [5, 5.41) is 1.72. The number of alkyl halides is 6. The molecule has 0 aliphatic carbocycles. The second kappa shape index (κ2) is 9.14. The van der Waals surface area contributed by atoms with Crippen molar-refractivity contribution in [3.8, 4) is 0 Å². The summed E-state index contributed by atoms with van der Waals surface area (Å²) in [4.78, 5) is 15.5. The molecular weight excluding hydrogens is 476 g/mol. The number of benzene rings is 1. The molecule has 2 heterocycles. The van der Waals surface area contributed by atoms with Crippen molar-refractivity contribution in [3.05, 3.63) is 65.5 Å². The fraction of sp³-hybridized carbons (Fsp3) is 0.300. The molecule has 0 saturated heterocycles. The Labute approximate surface area is 185 Å². The van der Waals surface area contributed by atoms with Crippen LogP contribution in [0.1, 0.15) is 28.2 Å². The Morgan fingerprint density at radius 3 is 2.36 bits per heavy atom. The molecule has 0 fully saturated rings. The van der Waals surface area contributed by atoms with E-state index in [1.165, 1.54) is 24.3 Å². The first-order valence-electron chi connectivity index (χ1n) is 9.46. The fourth-order valence-corrected chi connectivity index (χ4v) is 4.52. The second-order valence-corrected chi connectivity index (χ2v) is 9.01. The zero-order chi connectivity index (χ0) is 24.4. The molecule has 1 aliphatic heterocycles. The highest BCUT2D eigenvalue weighted by molar-refractivity contribution is 7.89. The zero-order valence-electron chi connectivity index (χ0n) is 16.7. The largest absolute Gasteiger partial charge is 0.416 e. The van der Waals surface area contributed by atoms with Crippen LogP contribution in [0.3, 0.4) is 0 Å². The van der Waals surface area contributed by atoms with E-state index in [-0.39, 0.29) is 30.9 Å². The molecule has 13 heteroatoms. The molecule has 178 valence electrons. The second-order valence-electron chi connectivity index (χ2n) is 7.07. The summed E-state index contributed by atoms with van der Waals surface area (Å²) in [5.41, 5.74) is -0.486. The van der Waals surface area contributed by atoms with E-state index in [1.54, 1.807) is 5.32 Å². The summed E-state index contributed by atoms with van der Waals surface area (Å²) < 4.78 is 102. The molecule has 1 aromatic heterocycles. The Morgan fingerprint density at radius 1 is 1.06 bits per heavy atom. The predicted molar refractivity (Wildman–Crippen MR) is 105 cm³/mol. The lowest BCUT2D eigenvalue weighted by Gasteiger charge is -2.26. The molecule has 0 radical (unpaired) electrons. The van der Waals surface area contributed by atoms with Crippen LogP contribution >= 0.6 is 0 Å². The maximum Gasteiger partial charge on any atom is 0.416 e. The fourth-order valence-electron chi connectivity index (χ4n) is 3.09. The Kier molecular flexibility index (Phi) is 6.84. The molecule has 6 nitrogen and oxygen atoms in total. The van der Waals surface area contributed by atoms with Crippen LogP contribution in [0.2, 0.25) is 0 Å². The van der Waals surface area contributed by atoms with Crippen LogP contribution in [-0.2, 0) is 16.2 Å². The molecule has 0 bridgehead atoms. The van der Waals surface area contributed by atoms with Gasteiger partial charge in [0.2, 0.25) is 10.0 Å². The first-order chi connectivity index (χ1) is 15.3. The molecule has 2 aromatic rings. The van der Waals surface area contributed by atoms with E-state index < -0.39 is 45.3 Å². The van der Waals surface area contributed by atoms with Crippen molar-refractivity contribution in [1.29, 1.82) is 0 Å². The van der Waals surface area contributed by atoms with E-state index in [1.807, 2.05) is 0 Å². The number of sulfonamides is 1. The van der Waals surface area contributed by atoms with Gasteiger partial charge in [-0.3, -0.25) is 4.79 Å². The van der Waals surface area contributed by atoms with E-state index in [9.17, 15) is 39.6 Å². The Bertz CT molecular complexity index is 1180. The van der Waals surface area contributed by atoms with Crippen molar-refractivity contribution in [1.82, 2.24) is 14.6 Å². The van der Waals surface area contributed by atoms with Crippen LogP contribution in [-0.4, -0.2) is 49.4 Å². The lowest BCUT2D eigenvalue weighted by Crippen LogP contribution is -2.35. The van der Waals surface area contributed by atoms with Crippen LogP contribution in [0.5, 0.6) is 0 Å². The summed E-state index contributed by atoms with van der Waals surface area (Å²) in [6, 6.07) is 7.62. The number of amides is 1. The monoisotopic (exact) mass is 493 g/mol. The molecule has 33 heavy (non-hydrogen) atoms. The highest BCUT2D eigenvalue weighted by Gasteiger charge is 2.33. The molecule has 0 saturated carbocycles. The van der Waals surface area contributed by atoms with Gasteiger partial charge in [-0.1, -0.05) is 18.2 Å². The van der Waals surface area contributed by atoms with Gasteiger partial charge in [0.15, 0.2) is 0 Å². The first kappa shape index (κ1) is 24.7. The molecule has 3 rings (SSSR count). The molecule has 1 amide bonds. The van der Waals surface area contributed by atoms with Gasteiger partial charge in [-0.25, -0.2) is 13.4 Å². The maximum atomic E-state index is 12.9. The smallest absolute Gasteiger partial charge is 0.342 e. The SMILES string of the molecule is O=C(NCC(F)(F)F)c1cccc(C2=CCN(S(=O)(=O)c3cccc(C(F)(F)F)c3)CC2)n1. The van der Waals surface area contributed by atoms with Crippen LogP contribution in [0, 0.1) is 0 Å². The van der Waals surface area contributed by atoms with E-state index in [4.69, 9.17) is 0 Å². The maximum absolute atomic E-state index is 12.9. The van der Waals surface area contributed by atoms with E-state index >= 15 is 0 Å². The third-order valence-corrected chi connectivity index (χ3v) is 6.59. The summed E-state index contributed by atoms with van der Waals surface area (Å²) in [5.74, 6) is -1.01. The van der Waals surface area contributed by atoms with Gasteiger partial charge in [0.25, 0.3) is 5.91 Å². The van der Waals surface area contributed by atoms with Gasteiger partial charge in [-0.2, -0.15) is 30.6 Å². The molecule has 1 aromatic carbocycles. The Balaban J connectivity index is 1.75. The third-order valence-electron chi connectivity index (χ3n) is 4.73. The van der Waals surface area contributed by atoms with Crippen molar-refractivity contribution in [3.63, 3.8) is 0 Å². The number of halogens is 6. The lowest BCUT2D eigenvalue weighted by molar-refractivity contribution is -0.137. The summed E-state index contributed by atoms with van der Waals surface area (Å²) in [6.07, 6.45) is -7.63. The highest BCUT2D eigenvalue weighted by Crippen LogP contribution is 2.32. The van der Waals surface area contributed by atoms with Crippen LogP contribution in [0.25, 0.3) is 5.57 Å². The molecule has 0 unspecified atom stereocenters. The van der Waals surface area contributed by atoms with Gasteiger partial charge in [0.05, 0.1) is 16.2 Å². The van der Waals surface area contributed by atoms with Crippen LogP contribution in [0.4, 0.5) is 26.3 Å². The zero-order valence-corrected chi connectivity index (χ0v) is 17.6. The Morgan fingerprint density at radius 2 is 1.76 bits per heavy atom. The first-order valence-corrected chi connectivity index (χ1v) is 10.9. The van der Waals surface area contributed by atoms with Crippen molar-refractivity contribution in [2.75, 3.05) is 19.6 Å². The molecule has 1 aliphatic rings. The number of aromatic nitrogens is 1. The number of hydrogen-bond acceptors (Lipinski definition) is 4. The predicted octanol–water partition coefficient (Wildman–Crippen LogP) is 3.87. The molecular formula is C20H17F6N3O3S. The van der Waals surface area contributed by atoms with Crippen LogP contribution in [0.15, 0.2) is 53.4 Å². The lowest BCUT2D eigenvalue weighted by atomic mass is 10.1. The van der Waals surface area contributed by atoms with E-state index in [2.05, 4.69) is 4.98 Å². The average molecular weight is 493 g/mol. The van der Waals surface area contributed by atoms with Crippen molar-refractivity contribution >= 4 is 21.5 Å². The van der Waals surface area contributed by atoms with Gasteiger partial charge in [0, 0.05) is 13.1 Å². The van der Waals surface area contributed by atoms with Gasteiger partial charge >= 0.3 is 12.4 Å². The van der Waals surface area contributed by atoms with Gasteiger partial charge in [-0.05, 0) is 42.3 Å². The minimum atomic E-state index is -4.69. The number of nitrogens with zero attached hydrogens (tertiary/aromatic N) is 2. The van der Waals surface area contributed by atoms with Crippen molar-refractivity contribution < 1.29 is 39.6 Å². The standard InChI is InChI=1S/C20H17F6N3O3S/c21-19(22,23)12-27-18(30)17-6-2-5-16(28-17)13-7-9-29(10-8-13)33(31,32)15-4-1-3-14(11-15)20(24,25)26/h1-7,11H,8-10,12H2,(H,27,30). The average Bonchev–Trinajstić information content (AvgIpc) is 2.76. The van der Waals surface area contributed by atoms with Crippen molar-refractivity contribution in [2.45, 2.75) is 23.7 Å². The number of carbonyl (C=O) groups is 1. The number of carbonyl (C=O) groups excluding carboxylic acids is 1. The van der Waals surface area contributed by atoms with Crippen molar-refractivity contribution in [2.24, 2.45) is 0 Å². The minimum absolute atomic E-state index is 0.0589. The van der Waals surface area contributed by atoms with Crippen LogP contribution < -0.4 is 5.32 Å². The Hall–Kier alpha value is -2.93. The number of hydrogen-bond donors (Lipinski definition) is 1. The summed E-state index contributed by atoms with van der Waals surface area (Å²) >= 11 is 0. The third kappa shape index (κ3) is 6.11. The van der Waals surface area contributed by atoms with Gasteiger partial charge in [-0.15, -0.1) is 0 Å². The van der Waals surface area contributed by atoms with E-state index in [0.29, 0.717) is 11.6 Å². The highest BCUT2D eigenvalue weighted by atomic mass is 32.2. The normalized spacial score (nSPS) is 15.8. The van der Waals surface area contributed by atoms with Gasteiger partial charge in [0.1, 0.15) is 12.2 Å². The summed E-state index contributed by atoms with van der Waals surface area (Å²) in [6.45, 7) is -1.72. The number of nitrogens with one attached hydrogen (secondary N) is 1. The molecule has 1 N–H and O–H groups in total. The quantitative estimate of drug-likeness (QED) is 0.642. The molecule has 0 atom stereocenters. The minimum Gasteiger partial charge on any atom is -0.342 e. The van der Waals surface area contributed by atoms with Gasteiger partial charge < -0.3 is 5.32 Å².